The Morgan fingerprint density at radius 3 is 2.83 bits per heavy atom. The summed E-state index contributed by atoms with van der Waals surface area (Å²) in [6.45, 7) is 6.93. The summed E-state index contributed by atoms with van der Waals surface area (Å²) < 4.78 is 4.49. The highest BCUT2D eigenvalue weighted by Crippen LogP contribution is 2.27. The van der Waals surface area contributed by atoms with Crippen molar-refractivity contribution < 1.29 is 4.79 Å². The van der Waals surface area contributed by atoms with Crippen molar-refractivity contribution in [2.45, 2.75) is 52.1 Å². The van der Waals surface area contributed by atoms with Crippen LogP contribution in [0.25, 0.3) is 0 Å². The number of rotatable bonds is 5. The first-order chi connectivity index (χ1) is 11.5. The predicted molar refractivity (Wildman–Crippen MR) is 97.5 cm³/mol. The van der Waals surface area contributed by atoms with Crippen LogP contribution in [0.4, 0.5) is 5.13 Å². The molecule has 1 aromatic heterocycles. The van der Waals surface area contributed by atoms with Gasteiger partial charge >= 0.3 is 0 Å². The molecule has 1 saturated heterocycles. The number of nitrogens with one attached hydrogen (secondary N) is 1. The first-order valence-corrected chi connectivity index (χ1v) is 9.25. The van der Waals surface area contributed by atoms with Crippen molar-refractivity contribution in [2.24, 2.45) is 0 Å². The van der Waals surface area contributed by atoms with Gasteiger partial charge in [0.1, 0.15) is 11.9 Å². The van der Waals surface area contributed by atoms with Gasteiger partial charge in [-0.05, 0) is 39.2 Å². The molecule has 128 valence electrons. The van der Waals surface area contributed by atoms with Crippen LogP contribution in [0.1, 0.15) is 43.6 Å². The van der Waals surface area contributed by atoms with Crippen LogP contribution in [0.3, 0.4) is 0 Å². The van der Waals surface area contributed by atoms with Gasteiger partial charge in [0.2, 0.25) is 11.0 Å². The van der Waals surface area contributed by atoms with Gasteiger partial charge in [-0.1, -0.05) is 29.8 Å². The minimum absolute atomic E-state index is 0.0952. The van der Waals surface area contributed by atoms with Gasteiger partial charge in [0.05, 0.1) is 0 Å². The van der Waals surface area contributed by atoms with E-state index < -0.39 is 0 Å². The highest BCUT2D eigenvalue weighted by atomic mass is 32.1. The second kappa shape index (κ2) is 7.30. The predicted octanol–water partition coefficient (Wildman–Crippen LogP) is 2.93. The van der Waals surface area contributed by atoms with Crippen molar-refractivity contribution in [1.82, 2.24) is 14.7 Å². The first kappa shape index (κ1) is 16.9. The lowest BCUT2D eigenvalue weighted by Gasteiger charge is -2.23. The molecule has 6 heteroatoms. The van der Waals surface area contributed by atoms with E-state index in [1.165, 1.54) is 22.7 Å². The molecule has 0 bridgehead atoms. The molecule has 2 aromatic rings. The quantitative estimate of drug-likeness (QED) is 0.906. The van der Waals surface area contributed by atoms with E-state index in [1.54, 1.807) is 0 Å². The molecule has 1 fully saturated rings. The van der Waals surface area contributed by atoms with Crippen LogP contribution in [0.2, 0.25) is 0 Å². The Hall–Kier alpha value is -1.95. The highest BCUT2D eigenvalue weighted by molar-refractivity contribution is 7.09. The largest absolute Gasteiger partial charge is 0.352 e. The smallest absolute Gasteiger partial charge is 0.242 e. The third-order valence-electron chi connectivity index (χ3n) is 4.17. The molecule has 1 unspecified atom stereocenters. The minimum atomic E-state index is -0.118. The van der Waals surface area contributed by atoms with Crippen LogP contribution in [0, 0.1) is 6.92 Å². The molecule has 5 nitrogen and oxygen atoms in total. The fraction of sp³-hybridized carbons (Fsp3) is 0.500. The van der Waals surface area contributed by atoms with E-state index in [0.717, 1.165) is 36.8 Å². The van der Waals surface area contributed by atoms with E-state index in [9.17, 15) is 4.79 Å². The van der Waals surface area contributed by atoms with Gasteiger partial charge in [0.25, 0.3) is 0 Å². The molecule has 1 atom stereocenters. The lowest BCUT2D eigenvalue weighted by molar-refractivity contribution is -0.122. The fourth-order valence-corrected chi connectivity index (χ4v) is 3.73. The van der Waals surface area contributed by atoms with Crippen LogP contribution in [-0.2, 0) is 11.2 Å². The van der Waals surface area contributed by atoms with Gasteiger partial charge in [-0.3, -0.25) is 4.79 Å². The molecule has 0 saturated carbocycles. The standard InChI is InChI=1S/C18H24N4OS/c1-12(2)19-17(23)15-5-4-10-22(15)18-20-16(21-24-18)11-14-8-6-13(3)7-9-14/h6-9,12,15H,4-5,10-11H2,1-3H3,(H,19,23). The molecule has 1 aliphatic rings. The lowest BCUT2D eigenvalue weighted by atomic mass is 10.1. The van der Waals surface area contributed by atoms with E-state index in [4.69, 9.17) is 0 Å². The molecular formula is C18H24N4OS. The number of amides is 1. The first-order valence-electron chi connectivity index (χ1n) is 8.48. The molecule has 0 spiro atoms. The molecule has 0 radical (unpaired) electrons. The number of nitrogens with zero attached hydrogens (tertiary/aromatic N) is 3. The maximum atomic E-state index is 12.4. The number of benzene rings is 1. The zero-order valence-electron chi connectivity index (χ0n) is 14.5. The Balaban J connectivity index is 1.70. The summed E-state index contributed by atoms with van der Waals surface area (Å²) in [6.07, 6.45) is 2.63. The molecule has 1 aromatic carbocycles. The maximum Gasteiger partial charge on any atom is 0.242 e. The van der Waals surface area contributed by atoms with E-state index in [1.807, 2.05) is 13.8 Å². The van der Waals surface area contributed by atoms with Crippen molar-refractivity contribution in [3.05, 3.63) is 41.2 Å². The van der Waals surface area contributed by atoms with E-state index >= 15 is 0 Å². The average molecular weight is 344 g/mol. The third kappa shape index (κ3) is 3.93. The van der Waals surface area contributed by atoms with Crippen molar-refractivity contribution >= 4 is 22.6 Å². The summed E-state index contributed by atoms with van der Waals surface area (Å²) in [4.78, 5) is 19.2. The zero-order valence-corrected chi connectivity index (χ0v) is 15.3. The number of aromatic nitrogens is 2. The van der Waals surface area contributed by atoms with Crippen LogP contribution in [-0.4, -0.2) is 33.9 Å². The van der Waals surface area contributed by atoms with Gasteiger partial charge in [-0.25, -0.2) is 4.98 Å². The normalized spacial score (nSPS) is 17.5. The zero-order chi connectivity index (χ0) is 17.1. The fourth-order valence-electron chi connectivity index (χ4n) is 2.97. The third-order valence-corrected chi connectivity index (χ3v) is 4.96. The Morgan fingerprint density at radius 1 is 1.38 bits per heavy atom. The van der Waals surface area contributed by atoms with Crippen LogP contribution >= 0.6 is 11.5 Å². The highest BCUT2D eigenvalue weighted by Gasteiger charge is 2.33. The number of aryl methyl sites for hydroxylation is 1. The Kier molecular flexibility index (Phi) is 5.14. The van der Waals surface area contributed by atoms with Gasteiger partial charge in [0.15, 0.2) is 0 Å². The van der Waals surface area contributed by atoms with Gasteiger partial charge < -0.3 is 10.2 Å². The van der Waals surface area contributed by atoms with Crippen LogP contribution in [0.15, 0.2) is 24.3 Å². The number of anilines is 1. The second-order valence-electron chi connectivity index (χ2n) is 6.67. The number of carbonyl (C=O) groups excluding carboxylic acids is 1. The Bertz CT molecular complexity index is 695. The SMILES string of the molecule is Cc1ccc(Cc2nsc(N3CCCC3C(=O)NC(C)C)n2)cc1. The average Bonchev–Trinajstić information content (AvgIpc) is 3.17. The maximum absolute atomic E-state index is 12.4. The molecule has 0 aliphatic carbocycles. The Labute approximate surface area is 147 Å². The second-order valence-corrected chi connectivity index (χ2v) is 7.40. The van der Waals surface area contributed by atoms with Crippen molar-refractivity contribution in [1.29, 1.82) is 0 Å². The van der Waals surface area contributed by atoms with Crippen molar-refractivity contribution in [2.75, 3.05) is 11.4 Å². The van der Waals surface area contributed by atoms with Gasteiger partial charge in [-0.15, -0.1) is 0 Å². The number of hydrogen-bond acceptors (Lipinski definition) is 5. The topological polar surface area (TPSA) is 58.1 Å². The van der Waals surface area contributed by atoms with Crippen molar-refractivity contribution in [3.8, 4) is 0 Å². The van der Waals surface area contributed by atoms with Crippen molar-refractivity contribution in [3.63, 3.8) is 0 Å². The van der Waals surface area contributed by atoms with Crippen LogP contribution < -0.4 is 10.2 Å². The van der Waals surface area contributed by atoms with Crippen LogP contribution in [0.5, 0.6) is 0 Å². The molecule has 2 heterocycles. The molecule has 3 rings (SSSR count). The molecule has 1 aliphatic heterocycles. The van der Waals surface area contributed by atoms with E-state index in [0.29, 0.717) is 0 Å². The number of carbonyl (C=O) groups is 1. The summed E-state index contributed by atoms with van der Waals surface area (Å²) in [5, 5.41) is 3.87. The van der Waals surface area contributed by atoms with E-state index in [2.05, 4.69) is 50.8 Å². The summed E-state index contributed by atoms with van der Waals surface area (Å²) in [6, 6.07) is 8.49. The summed E-state index contributed by atoms with van der Waals surface area (Å²) in [5.74, 6) is 0.923. The van der Waals surface area contributed by atoms with E-state index in [-0.39, 0.29) is 18.0 Å². The molecule has 1 amide bonds. The van der Waals surface area contributed by atoms with Gasteiger partial charge in [-0.2, -0.15) is 4.37 Å². The Morgan fingerprint density at radius 2 is 2.12 bits per heavy atom. The minimum Gasteiger partial charge on any atom is -0.352 e. The summed E-state index contributed by atoms with van der Waals surface area (Å²) in [5.41, 5.74) is 2.46. The summed E-state index contributed by atoms with van der Waals surface area (Å²) >= 11 is 1.39. The molecule has 24 heavy (non-hydrogen) atoms. The molecule has 1 N–H and O–H groups in total. The number of hydrogen-bond donors (Lipinski definition) is 1. The van der Waals surface area contributed by atoms with Gasteiger partial charge in [0, 0.05) is 30.5 Å². The molecular weight excluding hydrogens is 320 g/mol. The monoisotopic (exact) mass is 344 g/mol. The lowest BCUT2D eigenvalue weighted by Crippen LogP contribution is -2.45. The summed E-state index contributed by atoms with van der Waals surface area (Å²) in [7, 11) is 0.